The predicted molar refractivity (Wildman–Crippen MR) is 82.6 cm³/mol. The molecule has 0 saturated heterocycles. The highest BCUT2D eigenvalue weighted by Crippen LogP contribution is 2.32. The molecule has 2 atom stereocenters. The standard InChI is InChI=1S/C15H24BrFN2/c1-10(15(2,3)4)19(5)14(9-18)12-7-6-11(17)8-13(12)16/h6-8,10,14H,9,18H2,1-5H3. The van der Waals surface area contributed by atoms with Crippen LogP contribution in [0.5, 0.6) is 0 Å². The first-order valence-electron chi connectivity index (χ1n) is 6.55. The van der Waals surface area contributed by atoms with Crippen molar-refractivity contribution in [1.82, 2.24) is 4.90 Å². The zero-order valence-electron chi connectivity index (χ0n) is 12.4. The topological polar surface area (TPSA) is 29.3 Å². The molecule has 108 valence electrons. The molecule has 0 bridgehead atoms. The first kappa shape index (κ1) is 16.6. The Morgan fingerprint density at radius 1 is 1.37 bits per heavy atom. The molecule has 0 aromatic heterocycles. The van der Waals surface area contributed by atoms with Crippen molar-refractivity contribution < 1.29 is 4.39 Å². The van der Waals surface area contributed by atoms with Gasteiger partial charge in [0.15, 0.2) is 0 Å². The molecule has 0 fully saturated rings. The first-order chi connectivity index (χ1) is 8.68. The van der Waals surface area contributed by atoms with Crippen LogP contribution in [0.3, 0.4) is 0 Å². The van der Waals surface area contributed by atoms with Crippen LogP contribution in [-0.2, 0) is 0 Å². The third kappa shape index (κ3) is 4.01. The van der Waals surface area contributed by atoms with Gasteiger partial charge in [-0.2, -0.15) is 0 Å². The molecule has 0 amide bonds. The number of rotatable bonds is 4. The quantitative estimate of drug-likeness (QED) is 0.905. The molecule has 0 aliphatic rings. The lowest BCUT2D eigenvalue weighted by Crippen LogP contribution is -2.43. The van der Waals surface area contributed by atoms with Gasteiger partial charge in [0.1, 0.15) is 5.82 Å². The smallest absolute Gasteiger partial charge is 0.124 e. The van der Waals surface area contributed by atoms with Crippen LogP contribution in [0, 0.1) is 11.2 Å². The number of halogens is 2. The second-order valence-corrected chi connectivity index (χ2v) is 6.98. The van der Waals surface area contributed by atoms with Gasteiger partial charge in [0.25, 0.3) is 0 Å². The lowest BCUT2D eigenvalue weighted by Gasteiger charge is -2.40. The van der Waals surface area contributed by atoms with Crippen LogP contribution in [0.2, 0.25) is 0 Å². The molecule has 2 unspecified atom stereocenters. The van der Waals surface area contributed by atoms with Crippen molar-refractivity contribution in [3.63, 3.8) is 0 Å². The fourth-order valence-corrected chi connectivity index (χ4v) is 2.78. The second-order valence-electron chi connectivity index (χ2n) is 6.12. The lowest BCUT2D eigenvalue weighted by atomic mass is 9.86. The summed E-state index contributed by atoms with van der Waals surface area (Å²) in [7, 11) is 2.07. The number of likely N-dealkylation sites (N-methyl/N-ethyl adjacent to an activating group) is 1. The summed E-state index contributed by atoms with van der Waals surface area (Å²) < 4.78 is 14.0. The number of nitrogens with zero attached hydrogens (tertiary/aromatic N) is 1. The largest absolute Gasteiger partial charge is 0.329 e. The van der Waals surface area contributed by atoms with Crippen molar-refractivity contribution in [2.45, 2.75) is 39.8 Å². The highest BCUT2D eigenvalue weighted by atomic mass is 79.9. The highest BCUT2D eigenvalue weighted by Gasteiger charge is 2.29. The van der Waals surface area contributed by atoms with Crippen molar-refractivity contribution in [1.29, 1.82) is 0 Å². The van der Waals surface area contributed by atoms with E-state index in [9.17, 15) is 4.39 Å². The Hall–Kier alpha value is -0.450. The van der Waals surface area contributed by atoms with Gasteiger partial charge in [-0.1, -0.05) is 42.8 Å². The van der Waals surface area contributed by atoms with Crippen molar-refractivity contribution in [2.24, 2.45) is 11.1 Å². The van der Waals surface area contributed by atoms with E-state index in [-0.39, 0.29) is 17.3 Å². The summed E-state index contributed by atoms with van der Waals surface area (Å²) in [4.78, 5) is 2.26. The van der Waals surface area contributed by atoms with Crippen molar-refractivity contribution in [2.75, 3.05) is 13.6 Å². The van der Waals surface area contributed by atoms with E-state index in [2.05, 4.69) is 55.6 Å². The van der Waals surface area contributed by atoms with Gasteiger partial charge < -0.3 is 5.73 Å². The first-order valence-corrected chi connectivity index (χ1v) is 7.34. The maximum Gasteiger partial charge on any atom is 0.124 e. The van der Waals surface area contributed by atoms with Crippen molar-refractivity contribution >= 4 is 15.9 Å². The molecule has 1 rings (SSSR count). The van der Waals surface area contributed by atoms with Crippen LogP contribution in [0.25, 0.3) is 0 Å². The van der Waals surface area contributed by atoms with Crippen molar-refractivity contribution in [3.05, 3.63) is 34.1 Å². The molecule has 0 radical (unpaired) electrons. The maximum absolute atomic E-state index is 13.2. The van der Waals surface area contributed by atoms with Gasteiger partial charge in [-0.15, -0.1) is 0 Å². The van der Waals surface area contributed by atoms with Crippen LogP contribution in [0.15, 0.2) is 22.7 Å². The average Bonchev–Trinajstić information content (AvgIpc) is 2.30. The van der Waals surface area contributed by atoms with Gasteiger partial charge in [0.2, 0.25) is 0 Å². The molecule has 0 aliphatic heterocycles. The zero-order valence-corrected chi connectivity index (χ0v) is 14.0. The van der Waals surface area contributed by atoms with Crippen LogP contribution >= 0.6 is 15.9 Å². The fraction of sp³-hybridized carbons (Fsp3) is 0.600. The van der Waals surface area contributed by atoms with Gasteiger partial charge in [-0.05, 0) is 37.1 Å². The summed E-state index contributed by atoms with van der Waals surface area (Å²) in [6.45, 7) is 9.32. The Kier molecular flexibility index (Phi) is 5.53. The van der Waals surface area contributed by atoms with Gasteiger partial charge in [0, 0.05) is 23.1 Å². The van der Waals surface area contributed by atoms with Gasteiger partial charge >= 0.3 is 0 Å². The maximum atomic E-state index is 13.2. The predicted octanol–water partition coefficient (Wildman–Crippen LogP) is 3.95. The Morgan fingerprint density at radius 2 is 1.95 bits per heavy atom. The second kappa shape index (κ2) is 6.33. The number of benzene rings is 1. The van der Waals surface area contributed by atoms with E-state index in [0.717, 1.165) is 10.0 Å². The molecular formula is C15H24BrFN2. The summed E-state index contributed by atoms with van der Waals surface area (Å²) in [5.74, 6) is -0.238. The molecule has 0 saturated carbocycles. The average molecular weight is 331 g/mol. The molecule has 4 heteroatoms. The zero-order chi connectivity index (χ0) is 14.8. The minimum absolute atomic E-state index is 0.0733. The normalized spacial score (nSPS) is 15.6. The molecule has 2 nitrogen and oxygen atoms in total. The highest BCUT2D eigenvalue weighted by molar-refractivity contribution is 9.10. The Labute approximate surface area is 124 Å². The fourth-order valence-electron chi connectivity index (χ4n) is 2.17. The molecule has 1 aromatic carbocycles. The van der Waals surface area contributed by atoms with E-state index < -0.39 is 0 Å². The third-order valence-electron chi connectivity index (χ3n) is 3.90. The monoisotopic (exact) mass is 330 g/mol. The molecule has 0 spiro atoms. The Bertz CT molecular complexity index is 429. The summed E-state index contributed by atoms with van der Waals surface area (Å²) in [6.07, 6.45) is 0. The molecule has 19 heavy (non-hydrogen) atoms. The summed E-state index contributed by atoms with van der Waals surface area (Å²) in [5.41, 5.74) is 7.13. The lowest BCUT2D eigenvalue weighted by molar-refractivity contribution is 0.0998. The van der Waals surface area contributed by atoms with Crippen molar-refractivity contribution in [3.8, 4) is 0 Å². The minimum Gasteiger partial charge on any atom is -0.329 e. The van der Waals surface area contributed by atoms with Crippen LogP contribution in [0.1, 0.15) is 39.3 Å². The number of hydrogen-bond acceptors (Lipinski definition) is 2. The summed E-state index contributed by atoms with van der Waals surface area (Å²) >= 11 is 3.43. The molecule has 0 heterocycles. The van der Waals surface area contributed by atoms with Gasteiger partial charge in [-0.25, -0.2) is 4.39 Å². The summed E-state index contributed by atoms with van der Waals surface area (Å²) in [6, 6.07) is 5.22. The van der Waals surface area contributed by atoms with E-state index >= 15 is 0 Å². The summed E-state index contributed by atoms with van der Waals surface area (Å²) in [5, 5.41) is 0. The number of nitrogens with two attached hydrogens (primary N) is 1. The SMILES string of the molecule is CC(N(C)C(CN)c1ccc(F)cc1Br)C(C)(C)C. The Balaban J connectivity index is 3.06. The van der Waals surface area contributed by atoms with E-state index in [1.54, 1.807) is 0 Å². The molecule has 1 aromatic rings. The van der Waals surface area contributed by atoms with Gasteiger partial charge in [0.05, 0.1) is 0 Å². The molecular weight excluding hydrogens is 307 g/mol. The molecule has 0 aliphatic carbocycles. The number of hydrogen-bond donors (Lipinski definition) is 1. The van der Waals surface area contributed by atoms with E-state index in [1.807, 2.05) is 6.07 Å². The van der Waals surface area contributed by atoms with Crippen LogP contribution in [-0.4, -0.2) is 24.5 Å². The Morgan fingerprint density at radius 3 is 2.37 bits per heavy atom. The van der Waals surface area contributed by atoms with E-state index in [0.29, 0.717) is 12.6 Å². The van der Waals surface area contributed by atoms with E-state index in [4.69, 9.17) is 5.73 Å². The van der Waals surface area contributed by atoms with E-state index in [1.165, 1.54) is 12.1 Å². The third-order valence-corrected chi connectivity index (χ3v) is 4.59. The minimum atomic E-state index is -0.238. The van der Waals surface area contributed by atoms with Crippen LogP contribution in [0.4, 0.5) is 4.39 Å². The molecule has 2 N–H and O–H groups in total. The van der Waals surface area contributed by atoms with Gasteiger partial charge in [-0.3, -0.25) is 4.90 Å². The van der Waals surface area contributed by atoms with Crippen LogP contribution < -0.4 is 5.73 Å².